The van der Waals surface area contributed by atoms with Crippen LogP contribution in [0.25, 0.3) is 0 Å². The molecule has 1 saturated heterocycles. The molecule has 0 unspecified atom stereocenters. The lowest BCUT2D eigenvalue weighted by Gasteiger charge is -2.35. The molecular weight excluding hydrogens is 378 g/mol. The van der Waals surface area contributed by atoms with Crippen molar-refractivity contribution in [3.05, 3.63) is 47.1 Å². The zero-order chi connectivity index (χ0) is 19.4. The van der Waals surface area contributed by atoms with E-state index in [0.717, 1.165) is 24.5 Å². The van der Waals surface area contributed by atoms with E-state index in [1.165, 1.54) is 6.42 Å². The maximum absolute atomic E-state index is 6.25. The monoisotopic (exact) mass is 403 g/mol. The van der Waals surface area contributed by atoms with E-state index in [4.69, 9.17) is 23.8 Å². The minimum Gasteiger partial charge on any atom is -0.356 e. The van der Waals surface area contributed by atoms with E-state index >= 15 is 0 Å². The van der Waals surface area contributed by atoms with Crippen LogP contribution >= 0.6 is 23.8 Å². The largest absolute Gasteiger partial charge is 0.356 e. The van der Waals surface area contributed by atoms with E-state index in [-0.39, 0.29) is 6.04 Å². The Balaban J connectivity index is 1.68. The van der Waals surface area contributed by atoms with Gasteiger partial charge in [-0.05, 0) is 43.0 Å². The van der Waals surface area contributed by atoms with Crippen LogP contribution in [-0.2, 0) is 0 Å². The summed E-state index contributed by atoms with van der Waals surface area (Å²) in [4.78, 5) is 11.2. The maximum Gasteiger partial charge on any atom is 0.232 e. The van der Waals surface area contributed by atoms with Crippen molar-refractivity contribution in [3.63, 3.8) is 0 Å². The lowest BCUT2D eigenvalue weighted by atomic mass is 9.92. The highest BCUT2D eigenvalue weighted by molar-refractivity contribution is 7.80. The van der Waals surface area contributed by atoms with Crippen LogP contribution in [0, 0.1) is 11.8 Å². The predicted molar refractivity (Wildman–Crippen MR) is 116 cm³/mol. The second kappa shape index (κ2) is 8.85. The molecule has 7 heteroatoms. The van der Waals surface area contributed by atoms with Crippen LogP contribution in [-0.4, -0.2) is 28.2 Å². The van der Waals surface area contributed by atoms with Crippen molar-refractivity contribution < 1.29 is 0 Å². The summed E-state index contributed by atoms with van der Waals surface area (Å²) < 4.78 is 0. The molecule has 1 aliphatic heterocycles. The first-order valence-electron chi connectivity index (χ1n) is 9.32. The van der Waals surface area contributed by atoms with Gasteiger partial charge in [-0.25, -0.2) is 4.98 Å². The van der Waals surface area contributed by atoms with Gasteiger partial charge < -0.3 is 15.5 Å². The average Bonchev–Trinajstić information content (AvgIpc) is 2.61. The van der Waals surface area contributed by atoms with Crippen LogP contribution in [0.5, 0.6) is 0 Å². The molecule has 3 atom stereocenters. The molecule has 1 aromatic heterocycles. The molecule has 0 bridgehead atoms. The van der Waals surface area contributed by atoms with Crippen LogP contribution in [0.2, 0.25) is 5.15 Å². The quantitative estimate of drug-likeness (QED) is 0.572. The third kappa shape index (κ3) is 5.53. The van der Waals surface area contributed by atoms with Crippen LogP contribution in [0.4, 0.5) is 11.8 Å². The lowest BCUT2D eigenvalue weighted by Crippen LogP contribution is -2.39. The van der Waals surface area contributed by atoms with Crippen molar-refractivity contribution in [1.29, 1.82) is 0 Å². The Morgan fingerprint density at radius 2 is 1.85 bits per heavy atom. The fraction of sp³-hybridized carbons (Fsp3) is 0.450. The Morgan fingerprint density at radius 1 is 1.19 bits per heavy atom. The second-order valence-corrected chi connectivity index (χ2v) is 8.25. The van der Waals surface area contributed by atoms with E-state index in [1.54, 1.807) is 0 Å². The third-order valence-electron chi connectivity index (χ3n) is 4.75. The third-order valence-corrected chi connectivity index (χ3v) is 5.16. The summed E-state index contributed by atoms with van der Waals surface area (Å²) in [6.07, 6.45) is 1.24. The first-order valence-corrected chi connectivity index (χ1v) is 10.1. The van der Waals surface area contributed by atoms with Gasteiger partial charge in [-0.2, -0.15) is 4.98 Å². The molecule has 1 aromatic carbocycles. The molecule has 0 saturated carbocycles. The molecule has 2 N–H and O–H groups in total. The van der Waals surface area contributed by atoms with Crippen LogP contribution in [0.15, 0.2) is 36.4 Å². The van der Waals surface area contributed by atoms with Crippen molar-refractivity contribution >= 4 is 40.7 Å². The van der Waals surface area contributed by atoms with E-state index in [0.29, 0.717) is 28.0 Å². The van der Waals surface area contributed by atoms with Gasteiger partial charge in [0.25, 0.3) is 0 Å². The second-order valence-electron chi connectivity index (χ2n) is 7.45. The van der Waals surface area contributed by atoms with Crippen molar-refractivity contribution in [2.75, 3.05) is 23.3 Å². The van der Waals surface area contributed by atoms with Gasteiger partial charge in [0, 0.05) is 19.2 Å². The highest BCUT2D eigenvalue weighted by Gasteiger charge is 2.23. The normalized spacial score (nSPS) is 20.8. The van der Waals surface area contributed by atoms with E-state index in [9.17, 15) is 0 Å². The summed E-state index contributed by atoms with van der Waals surface area (Å²) in [6.45, 7) is 8.56. The first-order chi connectivity index (χ1) is 12.9. The number of rotatable bonds is 4. The van der Waals surface area contributed by atoms with Gasteiger partial charge in [-0.1, -0.05) is 55.8 Å². The first kappa shape index (κ1) is 19.8. The fourth-order valence-corrected chi connectivity index (χ4v) is 4.08. The van der Waals surface area contributed by atoms with Crippen LogP contribution in [0.1, 0.15) is 38.8 Å². The molecule has 2 aromatic rings. The van der Waals surface area contributed by atoms with Gasteiger partial charge >= 0.3 is 0 Å². The van der Waals surface area contributed by atoms with Crippen molar-refractivity contribution in [1.82, 2.24) is 15.3 Å². The van der Waals surface area contributed by atoms with Gasteiger partial charge in [0.1, 0.15) is 11.0 Å². The van der Waals surface area contributed by atoms with E-state index < -0.39 is 0 Å². The summed E-state index contributed by atoms with van der Waals surface area (Å²) in [6, 6.07) is 12.0. The SMILES string of the molecule is C[C@@H]1C[C@H](C)CN(c2cc(Cl)nc(NC(=S)N[C@@H](C)c3ccccc3)n2)C1. The fourth-order valence-electron chi connectivity index (χ4n) is 3.63. The van der Waals surface area contributed by atoms with Crippen molar-refractivity contribution in [2.24, 2.45) is 11.8 Å². The van der Waals surface area contributed by atoms with Crippen molar-refractivity contribution in [3.8, 4) is 0 Å². The standard InChI is InChI=1S/C20H26ClN5S/c1-13-9-14(2)12-26(11-13)18-10-17(21)23-19(24-18)25-20(27)22-15(3)16-7-5-4-6-8-16/h4-8,10,13-15H,9,11-12H2,1-3H3,(H2,22,23,24,25,27)/t13-,14+,15-/m0/s1. The smallest absolute Gasteiger partial charge is 0.232 e. The van der Waals surface area contributed by atoms with Gasteiger partial charge in [-0.3, -0.25) is 0 Å². The number of benzene rings is 1. The topological polar surface area (TPSA) is 53.1 Å². The number of thiocarbonyl (C=S) groups is 1. The molecule has 2 heterocycles. The number of anilines is 2. The summed E-state index contributed by atoms with van der Waals surface area (Å²) in [5.74, 6) is 2.53. The molecule has 3 rings (SSSR count). The number of piperidine rings is 1. The molecule has 0 radical (unpaired) electrons. The Morgan fingerprint density at radius 3 is 2.52 bits per heavy atom. The summed E-state index contributed by atoms with van der Waals surface area (Å²) in [7, 11) is 0. The highest BCUT2D eigenvalue weighted by Crippen LogP contribution is 2.27. The molecular formula is C20H26ClN5S. The summed E-state index contributed by atoms with van der Waals surface area (Å²) in [5.41, 5.74) is 1.16. The van der Waals surface area contributed by atoms with E-state index in [1.807, 2.05) is 24.3 Å². The number of aromatic nitrogens is 2. The average molecular weight is 404 g/mol. The number of hydrogen-bond acceptors (Lipinski definition) is 4. The number of nitrogens with zero attached hydrogens (tertiary/aromatic N) is 3. The lowest BCUT2D eigenvalue weighted by molar-refractivity contribution is 0.355. The molecule has 1 fully saturated rings. The van der Waals surface area contributed by atoms with Crippen LogP contribution < -0.4 is 15.5 Å². The van der Waals surface area contributed by atoms with Crippen molar-refractivity contribution in [2.45, 2.75) is 33.2 Å². The highest BCUT2D eigenvalue weighted by atomic mass is 35.5. The molecule has 0 spiro atoms. The zero-order valence-electron chi connectivity index (χ0n) is 15.9. The summed E-state index contributed by atoms with van der Waals surface area (Å²) >= 11 is 11.7. The minimum absolute atomic E-state index is 0.0775. The van der Waals surface area contributed by atoms with Gasteiger partial charge in [0.05, 0.1) is 6.04 Å². The Labute approximate surface area is 171 Å². The minimum atomic E-state index is 0.0775. The zero-order valence-corrected chi connectivity index (χ0v) is 17.5. The van der Waals surface area contributed by atoms with Gasteiger partial charge in [0.2, 0.25) is 5.95 Å². The van der Waals surface area contributed by atoms with Crippen LogP contribution in [0.3, 0.4) is 0 Å². The molecule has 1 aliphatic rings. The predicted octanol–water partition coefficient (Wildman–Crippen LogP) is 4.66. The Kier molecular flexibility index (Phi) is 6.50. The molecule has 0 aliphatic carbocycles. The number of halogens is 1. The van der Waals surface area contributed by atoms with Gasteiger partial charge in [0.15, 0.2) is 5.11 Å². The molecule has 144 valence electrons. The number of nitrogens with one attached hydrogen (secondary N) is 2. The molecule has 27 heavy (non-hydrogen) atoms. The number of hydrogen-bond donors (Lipinski definition) is 2. The van der Waals surface area contributed by atoms with E-state index in [2.05, 4.69) is 58.4 Å². The Hall–Kier alpha value is -1.92. The van der Waals surface area contributed by atoms with Gasteiger partial charge in [-0.15, -0.1) is 0 Å². The summed E-state index contributed by atoms with van der Waals surface area (Å²) in [5, 5.41) is 7.21. The Bertz CT molecular complexity index is 775. The molecule has 5 nitrogen and oxygen atoms in total. The molecule has 0 amide bonds. The maximum atomic E-state index is 6.25.